The largest absolute Gasteiger partial charge is 0.490 e. The predicted molar refractivity (Wildman–Crippen MR) is 111 cm³/mol. The smallest absolute Gasteiger partial charge is 0.267 e. The molecular weight excluding hydrogens is 466 g/mol. The van der Waals surface area contributed by atoms with Crippen molar-refractivity contribution in [3.05, 3.63) is 56.8 Å². The Hall–Kier alpha value is -1.74. The fraction of sp³-hybridized carbons (Fsp3) is 0.278. The second-order valence-electron chi connectivity index (χ2n) is 6.51. The van der Waals surface area contributed by atoms with Crippen LogP contribution in [0.3, 0.4) is 0 Å². The number of nitrogens with zero attached hydrogens (tertiary/aromatic N) is 1. The Morgan fingerprint density at radius 3 is 2.52 bits per heavy atom. The summed E-state index contributed by atoms with van der Waals surface area (Å²) in [4.78, 5) is 13.9. The molecule has 0 spiro atoms. The minimum absolute atomic E-state index is 0.00883. The van der Waals surface area contributed by atoms with E-state index < -0.39 is 27.3 Å². The second-order valence-corrected chi connectivity index (χ2v) is 9.48. The zero-order valence-electron chi connectivity index (χ0n) is 15.1. The molecule has 156 valence electrons. The van der Waals surface area contributed by atoms with E-state index in [2.05, 4.69) is 4.90 Å². The van der Waals surface area contributed by atoms with Gasteiger partial charge in [0.15, 0.2) is 0 Å². The monoisotopic (exact) mass is 480 g/mol. The molecule has 6 nitrogen and oxygen atoms in total. The Bertz CT molecular complexity index is 1070. The van der Waals surface area contributed by atoms with E-state index in [9.17, 15) is 17.6 Å². The van der Waals surface area contributed by atoms with Crippen LogP contribution in [0.2, 0.25) is 15.1 Å². The molecule has 1 amide bonds. The summed E-state index contributed by atoms with van der Waals surface area (Å²) >= 11 is 18.1. The van der Waals surface area contributed by atoms with Gasteiger partial charge in [-0.15, -0.1) is 0 Å². The molecule has 29 heavy (non-hydrogen) atoms. The van der Waals surface area contributed by atoms with E-state index >= 15 is 0 Å². The first-order valence-corrected chi connectivity index (χ1v) is 11.4. The number of hydrogen-bond acceptors (Lipinski definition) is 5. The molecule has 0 radical (unpaired) electrons. The predicted octanol–water partition coefficient (Wildman–Crippen LogP) is 4.13. The number of benzene rings is 2. The summed E-state index contributed by atoms with van der Waals surface area (Å²) in [6.07, 6.45) is 1.65. The Morgan fingerprint density at radius 1 is 1.21 bits per heavy atom. The van der Waals surface area contributed by atoms with Gasteiger partial charge in [-0.05, 0) is 30.7 Å². The highest BCUT2D eigenvalue weighted by molar-refractivity contribution is 7.89. The zero-order chi connectivity index (χ0) is 21.3. The molecule has 2 aromatic carbocycles. The minimum atomic E-state index is -3.83. The average Bonchev–Trinajstić information content (AvgIpc) is 2.58. The molecule has 1 atom stereocenters. The fourth-order valence-corrected chi connectivity index (χ4v) is 3.80. The number of nitrogens with one attached hydrogen (secondary N) is 1. The number of halogens is 4. The third kappa shape index (κ3) is 5.25. The summed E-state index contributed by atoms with van der Waals surface area (Å²) in [6.45, 7) is 1.03. The molecule has 0 aliphatic carbocycles. The maximum atomic E-state index is 14.3. The van der Waals surface area contributed by atoms with E-state index in [-0.39, 0.29) is 23.4 Å². The quantitative estimate of drug-likeness (QED) is 0.671. The first-order chi connectivity index (χ1) is 13.5. The highest BCUT2D eigenvalue weighted by Gasteiger charge is 2.29. The lowest BCUT2D eigenvalue weighted by atomic mass is 10.0. The van der Waals surface area contributed by atoms with E-state index in [0.29, 0.717) is 10.0 Å². The number of amides is 1. The zero-order valence-corrected chi connectivity index (χ0v) is 18.2. The SMILES string of the molecule is CS(=O)(=O)NC(=O)c1cc(Cl)c(OC[C@@H]2CCN2c2ccc(Cl)c(Cl)c2)cc1F. The molecule has 1 fully saturated rings. The maximum Gasteiger partial charge on any atom is 0.267 e. The molecule has 1 saturated heterocycles. The third-order valence-electron chi connectivity index (χ3n) is 4.35. The van der Waals surface area contributed by atoms with E-state index in [4.69, 9.17) is 39.5 Å². The molecule has 1 aliphatic rings. The summed E-state index contributed by atoms with van der Waals surface area (Å²) in [6, 6.07) is 7.34. The van der Waals surface area contributed by atoms with Crippen LogP contribution in [0, 0.1) is 5.82 Å². The van der Waals surface area contributed by atoms with E-state index in [1.54, 1.807) is 16.9 Å². The van der Waals surface area contributed by atoms with Crippen molar-refractivity contribution in [1.29, 1.82) is 0 Å². The van der Waals surface area contributed by atoms with Gasteiger partial charge in [0, 0.05) is 18.3 Å². The lowest BCUT2D eigenvalue weighted by Gasteiger charge is -2.42. The van der Waals surface area contributed by atoms with E-state index in [1.807, 2.05) is 6.07 Å². The lowest BCUT2D eigenvalue weighted by molar-refractivity contribution is 0.0977. The summed E-state index contributed by atoms with van der Waals surface area (Å²) < 4.78 is 43.9. The van der Waals surface area contributed by atoms with Crippen LogP contribution in [0.15, 0.2) is 30.3 Å². The number of carbonyl (C=O) groups excluding carboxylic acids is 1. The maximum absolute atomic E-state index is 14.3. The fourth-order valence-electron chi connectivity index (χ4n) is 2.84. The Kier molecular flexibility index (Phi) is 6.48. The second kappa shape index (κ2) is 8.55. The van der Waals surface area contributed by atoms with Gasteiger partial charge in [-0.2, -0.15) is 0 Å². The van der Waals surface area contributed by atoms with Crippen molar-refractivity contribution >= 4 is 56.4 Å². The van der Waals surface area contributed by atoms with Crippen LogP contribution in [0.25, 0.3) is 0 Å². The summed E-state index contributed by atoms with van der Waals surface area (Å²) in [5.74, 6) is -2.00. The third-order valence-corrected chi connectivity index (χ3v) is 5.94. The highest BCUT2D eigenvalue weighted by Crippen LogP contribution is 2.33. The van der Waals surface area contributed by atoms with Crippen LogP contribution in [-0.2, 0) is 10.0 Å². The van der Waals surface area contributed by atoms with Crippen LogP contribution >= 0.6 is 34.8 Å². The highest BCUT2D eigenvalue weighted by atomic mass is 35.5. The molecule has 0 unspecified atom stereocenters. The van der Waals surface area contributed by atoms with Crippen molar-refractivity contribution in [3.8, 4) is 5.75 Å². The first-order valence-electron chi connectivity index (χ1n) is 8.41. The molecule has 0 saturated carbocycles. The average molecular weight is 482 g/mol. The van der Waals surface area contributed by atoms with Crippen molar-refractivity contribution in [2.24, 2.45) is 0 Å². The summed E-state index contributed by atoms with van der Waals surface area (Å²) in [5, 5.41) is 0.903. The number of anilines is 1. The molecule has 0 aromatic heterocycles. The molecule has 1 aliphatic heterocycles. The van der Waals surface area contributed by atoms with Crippen molar-refractivity contribution in [2.75, 3.05) is 24.3 Å². The number of ether oxygens (including phenoxy) is 1. The Morgan fingerprint density at radius 2 is 1.93 bits per heavy atom. The molecule has 1 N–H and O–H groups in total. The number of carbonyl (C=O) groups is 1. The lowest BCUT2D eigenvalue weighted by Crippen LogP contribution is -2.51. The van der Waals surface area contributed by atoms with Crippen LogP contribution in [0.4, 0.5) is 10.1 Å². The minimum Gasteiger partial charge on any atom is -0.490 e. The Balaban J connectivity index is 1.68. The number of hydrogen-bond donors (Lipinski definition) is 1. The number of sulfonamides is 1. The molecule has 3 rings (SSSR count). The van der Waals surface area contributed by atoms with Gasteiger partial charge < -0.3 is 9.64 Å². The topological polar surface area (TPSA) is 75.7 Å². The van der Waals surface area contributed by atoms with Crippen LogP contribution in [-0.4, -0.2) is 39.8 Å². The van der Waals surface area contributed by atoms with Gasteiger partial charge in [-0.3, -0.25) is 4.79 Å². The molecule has 2 aromatic rings. The van der Waals surface area contributed by atoms with Gasteiger partial charge in [0.1, 0.15) is 18.2 Å². The first kappa shape index (κ1) is 22.0. The molecule has 1 heterocycles. The van der Waals surface area contributed by atoms with Crippen LogP contribution < -0.4 is 14.4 Å². The molecule has 0 bridgehead atoms. The summed E-state index contributed by atoms with van der Waals surface area (Å²) in [5.41, 5.74) is 0.401. The van der Waals surface area contributed by atoms with Crippen molar-refractivity contribution < 1.29 is 22.3 Å². The van der Waals surface area contributed by atoms with Gasteiger partial charge in [0.25, 0.3) is 5.91 Å². The summed E-state index contributed by atoms with van der Waals surface area (Å²) in [7, 11) is -3.83. The van der Waals surface area contributed by atoms with E-state index in [0.717, 1.165) is 37.0 Å². The van der Waals surface area contributed by atoms with Crippen molar-refractivity contribution in [3.63, 3.8) is 0 Å². The standard InChI is InChI=1S/C18H16Cl3FN2O4S/c1-29(26,27)23-18(25)12-7-15(21)17(8-16(12)22)28-9-11-4-5-24(11)10-2-3-13(19)14(20)6-10/h2-3,6-8,11H,4-5,9H2,1H3,(H,23,25)/t11-/m0/s1. The van der Waals surface area contributed by atoms with Gasteiger partial charge in [0.05, 0.1) is 32.9 Å². The van der Waals surface area contributed by atoms with Crippen molar-refractivity contribution in [1.82, 2.24) is 4.72 Å². The van der Waals surface area contributed by atoms with Crippen LogP contribution in [0.1, 0.15) is 16.8 Å². The Labute approximate surface area is 182 Å². The van der Waals surface area contributed by atoms with Crippen molar-refractivity contribution in [2.45, 2.75) is 12.5 Å². The van der Waals surface area contributed by atoms with Crippen LogP contribution in [0.5, 0.6) is 5.75 Å². The molecular formula is C18H16Cl3FN2O4S. The molecule has 11 heteroatoms. The number of rotatable bonds is 6. The van der Waals surface area contributed by atoms with Gasteiger partial charge in [-0.25, -0.2) is 17.5 Å². The van der Waals surface area contributed by atoms with Gasteiger partial charge in [-0.1, -0.05) is 34.8 Å². The van der Waals surface area contributed by atoms with Gasteiger partial charge >= 0.3 is 0 Å². The normalized spacial score (nSPS) is 16.3. The van der Waals surface area contributed by atoms with E-state index in [1.165, 1.54) is 0 Å². The van der Waals surface area contributed by atoms with Gasteiger partial charge in [0.2, 0.25) is 10.0 Å².